The van der Waals surface area contributed by atoms with Crippen LogP contribution in [-0.2, 0) is 20.7 Å². The quantitative estimate of drug-likeness (QED) is 0.780. The molecule has 0 spiro atoms. The smallest absolute Gasteiger partial charge is 0.226 e. The van der Waals surface area contributed by atoms with Gasteiger partial charge in [0, 0.05) is 38.0 Å². The largest absolute Gasteiger partial charge is 0.368 e. The van der Waals surface area contributed by atoms with Gasteiger partial charge in [0.15, 0.2) is 0 Å². The van der Waals surface area contributed by atoms with E-state index in [-0.39, 0.29) is 23.8 Å². The number of hydrogen-bond acceptors (Lipinski definition) is 4. The van der Waals surface area contributed by atoms with Crippen molar-refractivity contribution in [3.8, 4) is 0 Å². The Kier molecular flexibility index (Phi) is 6.79. The van der Waals surface area contributed by atoms with Crippen LogP contribution in [0, 0.1) is 5.41 Å². The van der Waals surface area contributed by atoms with Crippen molar-refractivity contribution in [3.05, 3.63) is 29.6 Å². The van der Waals surface area contributed by atoms with Crippen LogP contribution < -0.4 is 5.32 Å². The molecular formula is C18H26ClN3O3. The molecule has 138 valence electrons. The van der Waals surface area contributed by atoms with Crippen LogP contribution in [0.15, 0.2) is 18.2 Å². The lowest BCUT2D eigenvalue weighted by Gasteiger charge is -2.32. The van der Waals surface area contributed by atoms with Gasteiger partial charge in [-0.3, -0.25) is 14.6 Å². The Hall–Kier alpha value is -1.66. The lowest BCUT2D eigenvalue weighted by atomic mass is 9.95. The average molecular weight is 368 g/mol. The third-order valence-electron chi connectivity index (χ3n) is 4.29. The van der Waals surface area contributed by atoms with Crippen LogP contribution >= 0.6 is 11.6 Å². The van der Waals surface area contributed by atoms with Gasteiger partial charge in [-0.05, 0) is 26.0 Å². The first kappa shape index (κ1) is 19.7. The van der Waals surface area contributed by atoms with E-state index in [1.165, 1.54) is 0 Å². The van der Waals surface area contributed by atoms with Crippen molar-refractivity contribution in [2.45, 2.75) is 33.3 Å². The number of ether oxygens (including phenoxy) is 1. The molecule has 2 heterocycles. The van der Waals surface area contributed by atoms with Gasteiger partial charge < -0.3 is 15.0 Å². The Balaban J connectivity index is 1.93. The summed E-state index contributed by atoms with van der Waals surface area (Å²) >= 11 is 5.81. The molecule has 0 aromatic carbocycles. The van der Waals surface area contributed by atoms with Crippen molar-refractivity contribution < 1.29 is 14.3 Å². The van der Waals surface area contributed by atoms with E-state index in [1.807, 2.05) is 32.0 Å². The molecule has 6 nitrogen and oxygen atoms in total. The van der Waals surface area contributed by atoms with Crippen LogP contribution in [-0.4, -0.2) is 53.8 Å². The minimum absolute atomic E-state index is 0.0501. The number of amides is 2. The Bertz CT molecular complexity index is 621. The van der Waals surface area contributed by atoms with E-state index in [9.17, 15) is 9.59 Å². The molecule has 1 atom stereocenters. The maximum Gasteiger partial charge on any atom is 0.226 e. The van der Waals surface area contributed by atoms with Crippen LogP contribution in [0.5, 0.6) is 0 Å². The third kappa shape index (κ3) is 5.41. The summed E-state index contributed by atoms with van der Waals surface area (Å²) in [6.45, 7) is 7.35. The van der Waals surface area contributed by atoms with Crippen LogP contribution in [0.4, 0.5) is 0 Å². The zero-order valence-electron chi connectivity index (χ0n) is 15.0. The molecule has 0 radical (unpaired) electrons. The molecule has 7 heteroatoms. The van der Waals surface area contributed by atoms with Gasteiger partial charge in [0.05, 0.1) is 24.3 Å². The topological polar surface area (TPSA) is 71.5 Å². The minimum Gasteiger partial charge on any atom is -0.368 e. The SMILES string of the molecule is CC(=O)N1CCOC(c2cccc(CCNC(=O)C(C)(C)CCl)n2)C1. The van der Waals surface area contributed by atoms with E-state index in [4.69, 9.17) is 16.3 Å². The molecule has 0 saturated carbocycles. The number of nitrogens with one attached hydrogen (secondary N) is 1. The van der Waals surface area contributed by atoms with Crippen LogP contribution in [0.25, 0.3) is 0 Å². The van der Waals surface area contributed by atoms with Crippen molar-refractivity contribution in [3.63, 3.8) is 0 Å². The van der Waals surface area contributed by atoms with Crippen molar-refractivity contribution in [1.29, 1.82) is 0 Å². The van der Waals surface area contributed by atoms with Crippen LogP contribution in [0.1, 0.15) is 38.3 Å². The van der Waals surface area contributed by atoms with Crippen molar-refractivity contribution >= 4 is 23.4 Å². The standard InChI is InChI=1S/C18H26ClN3O3/c1-13(23)22-9-10-25-16(11-22)15-6-4-5-14(21-15)7-8-20-17(24)18(2,3)12-19/h4-6,16H,7-12H2,1-3H3,(H,20,24). The average Bonchev–Trinajstić information content (AvgIpc) is 2.62. The number of hydrogen-bond donors (Lipinski definition) is 1. The van der Waals surface area contributed by atoms with Gasteiger partial charge in [0.1, 0.15) is 6.10 Å². The van der Waals surface area contributed by atoms with Gasteiger partial charge in [-0.25, -0.2) is 0 Å². The lowest BCUT2D eigenvalue weighted by molar-refractivity contribution is -0.136. The van der Waals surface area contributed by atoms with Gasteiger partial charge in [-0.15, -0.1) is 11.6 Å². The molecule has 0 bridgehead atoms. The first-order valence-electron chi connectivity index (χ1n) is 8.50. The molecule has 0 aliphatic carbocycles. The Labute approximate surface area is 153 Å². The molecule has 1 aromatic heterocycles. The zero-order valence-corrected chi connectivity index (χ0v) is 15.8. The number of carbonyl (C=O) groups excluding carboxylic acids is 2. The highest BCUT2D eigenvalue weighted by atomic mass is 35.5. The summed E-state index contributed by atoms with van der Waals surface area (Å²) in [4.78, 5) is 30.0. The monoisotopic (exact) mass is 367 g/mol. The fourth-order valence-corrected chi connectivity index (χ4v) is 2.66. The summed E-state index contributed by atoms with van der Waals surface area (Å²) in [6, 6.07) is 5.76. The molecular weight excluding hydrogens is 342 g/mol. The summed E-state index contributed by atoms with van der Waals surface area (Å²) in [5.41, 5.74) is 1.11. The van der Waals surface area contributed by atoms with Crippen molar-refractivity contribution in [1.82, 2.24) is 15.2 Å². The van der Waals surface area contributed by atoms with Crippen LogP contribution in [0.2, 0.25) is 0 Å². The highest BCUT2D eigenvalue weighted by Gasteiger charge is 2.26. The molecule has 1 aliphatic heterocycles. The molecule has 1 fully saturated rings. The van der Waals surface area contributed by atoms with Gasteiger partial charge in [-0.2, -0.15) is 0 Å². The fraction of sp³-hybridized carbons (Fsp3) is 0.611. The maximum absolute atomic E-state index is 12.0. The summed E-state index contributed by atoms with van der Waals surface area (Å²) in [5.74, 6) is 0.263. The molecule has 1 aliphatic rings. The van der Waals surface area contributed by atoms with Crippen molar-refractivity contribution in [2.75, 3.05) is 32.1 Å². The molecule has 1 unspecified atom stereocenters. The summed E-state index contributed by atoms with van der Waals surface area (Å²) in [7, 11) is 0. The molecule has 1 N–H and O–H groups in total. The van der Waals surface area contributed by atoms with Gasteiger partial charge in [0.25, 0.3) is 0 Å². The molecule has 25 heavy (non-hydrogen) atoms. The van der Waals surface area contributed by atoms with E-state index in [0.717, 1.165) is 11.4 Å². The highest BCUT2D eigenvalue weighted by Crippen LogP contribution is 2.21. The predicted octanol–water partition coefficient (Wildman–Crippen LogP) is 1.93. The number of halogens is 1. The first-order valence-corrected chi connectivity index (χ1v) is 9.04. The second kappa shape index (κ2) is 8.63. The number of morpholine rings is 1. The van der Waals surface area contributed by atoms with Crippen LogP contribution in [0.3, 0.4) is 0 Å². The van der Waals surface area contributed by atoms with E-state index < -0.39 is 5.41 Å². The van der Waals surface area contributed by atoms with Gasteiger partial charge >= 0.3 is 0 Å². The number of carbonyl (C=O) groups is 2. The van der Waals surface area contributed by atoms with Gasteiger partial charge in [-0.1, -0.05) is 6.07 Å². The van der Waals surface area contributed by atoms with E-state index in [0.29, 0.717) is 32.7 Å². The minimum atomic E-state index is -0.580. The first-order chi connectivity index (χ1) is 11.8. The lowest BCUT2D eigenvalue weighted by Crippen LogP contribution is -2.41. The number of rotatable bonds is 6. The molecule has 1 aromatic rings. The summed E-state index contributed by atoms with van der Waals surface area (Å²) < 4.78 is 5.76. The Morgan fingerprint density at radius 3 is 2.88 bits per heavy atom. The predicted molar refractivity (Wildman–Crippen MR) is 96.4 cm³/mol. The highest BCUT2D eigenvalue weighted by molar-refractivity contribution is 6.19. The Morgan fingerprint density at radius 2 is 2.20 bits per heavy atom. The van der Waals surface area contributed by atoms with Gasteiger partial charge in [0.2, 0.25) is 11.8 Å². The third-order valence-corrected chi connectivity index (χ3v) is 4.95. The van der Waals surface area contributed by atoms with E-state index >= 15 is 0 Å². The normalized spacial score (nSPS) is 18.1. The number of aromatic nitrogens is 1. The number of alkyl halides is 1. The molecule has 2 rings (SSSR count). The van der Waals surface area contributed by atoms with E-state index in [1.54, 1.807) is 11.8 Å². The molecule has 1 saturated heterocycles. The maximum atomic E-state index is 12.0. The summed E-state index contributed by atoms with van der Waals surface area (Å²) in [6.07, 6.45) is 0.420. The van der Waals surface area contributed by atoms with Crippen molar-refractivity contribution in [2.24, 2.45) is 5.41 Å². The zero-order chi connectivity index (χ0) is 18.4. The fourth-order valence-electron chi connectivity index (χ4n) is 2.53. The van der Waals surface area contributed by atoms with E-state index in [2.05, 4.69) is 10.3 Å². The molecule has 2 amide bonds. The second-order valence-electron chi connectivity index (χ2n) is 6.90. The number of nitrogens with zero attached hydrogens (tertiary/aromatic N) is 2. The summed E-state index contributed by atoms with van der Waals surface area (Å²) in [5, 5.41) is 2.90. The second-order valence-corrected chi connectivity index (χ2v) is 7.17. The number of pyridine rings is 1. The Morgan fingerprint density at radius 1 is 1.44 bits per heavy atom.